The van der Waals surface area contributed by atoms with Crippen LogP contribution in [0.25, 0.3) is 0 Å². The van der Waals surface area contributed by atoms with Gasteiger partial charge >= 0.3 is 0 Å². The molecule has 0 saturated carbocycles. The maximum Gasteiger partial charge on any atom is 0.170 e. The molecule has 0 amide bonds. The maximum absolute atomic E-state index is 10.4. The first kappa shape index (κ1) is 10.1. The number of halogens is 1. The summed E-state index contributed by atoms with van der Waals surface area (Å²) in [5, 5.41) is 6.68. The Morgan fingerprint density at radius 3 is 2.87 bits per heavy atom. The van der Waals surface area contributed by atoms with Crippen molar-refractivity contribution in [2.45, 2.75) is 6.42 Å². The Morgan fingerprint density at radius 2 is 2.20 bits per heavy atom. The van der Waals surface area contributed by atoms with Crippen molar-refractivity contribution in [1.82, 2.24) is 10.2 Å². The highest BCUT2D eigenvalue weighted by Gasteiger charge is 2.03. The fourth-order valence-corrected chi connectivity index (χ4v) is 1.80. The summed E-state index contributed by atoms with van der Waals surface area (Å²) in [5.74, 6) is 0. The van der Waals surface area contributed by atoms with Crippen molar-refractivity contribution in [3.63, 3.8) is 0 Å². The van der Waals surface area contributed by atoms with Crippen molar-refractivity contribution in [3.8, 4) is 0 Å². The summed E-state index contributed by atoms with van der Waals surface area (Å²) in [6.45, 7) is 0. The van der Waals surface area contributed by atoms with Gasteiger partial charge in [-0.15, -0.1) is 0 Å². The Balaban J connectivity index is 2.22. The van der Waals surface area contributed by atoms with Crippen molar-refractivity contribution in [2.24, 2.45) is 0 Å². The first-order chi connectivity index (χ1) is 7.29. The van der Waals surface area contributed by atoms with E-state index >= 15 is 0 Å². The average Bonchev–Trinajstić information content (AvgIpc) is 2.69. The van der Waals surface area contributed by atoms with Gasteiger partial charge < -0.3 is 0 Å². The lowest BCUT2D eigenvalue weighted by Gasteiger charge is -2.00. The molecule has 76 valence electrons. The fraction of sp³-hybridized carbons (Fsp3) is 0.0909. The number of hydrogen-bond acceptors (Lipinski definition) is 2. The highest BCUT2D eigenvalue weighted by Crippen LogP contribution is 2.18. The van der Waals surface area contributed by atoms with E-state index in [-0.39, 0.29) is 0 Å². The molecule has 0 aliphatic carbocycles. The number of nitrogens with one attached hydrogen (secondary N) is 1. The maximum atomic E-state index is 10.4. The van der Waals surface area contributed by atoms with Crippen LogP contribution in [0.5, 0.6) is 0 Å². The molecular weight excluding hydrogens is 256 g/mol. The van der Waals surface area contributed by atoms with Crippen molar-refractivity contribution < 1.29 is 4.79 Å². The van der Waals surface area contributed by atoms with Crippen LogP contribution in [0.4, 0.5) is 0 Å². The van der Waals surface area contributed by atoms with E-state index in [4.69, 9.17) is 0 Å². The summed E-state index contributed by atoms with van der Waals surface area (Å²) in [5.41, 5.74) is 2.54. The molecule has 0 bridgehead atoms. The second kappa shape index (κ2) is 4.40. The van der Waals surface area contributed by atoms with Gasteiger partial charge in [-0.05, 0) is 17.7 Å². The number of carbonyl (C=O) groups is 1. The minimum atomic E-state index is 0.442. The number of nitrogens with zero attached hydrogens (tertiary/aromatic N) is 1. The van der Waals surface area contributed by atoms with E-state index < -0.39 is 0 Å². The van der Waals surface area contributed by atoms with E-state index in [1.165, 1.54) is 5.56 Å². The van der Waals surface area contributed by atoms with Gasteiger partial charge in [0.1, 0.15) is 5.69 Å². The van der Waals surface area contributed by atoms with Crippen LogP contribution < -0.4 is 0 Å². The third kappa shape index (κ3) is 2.33. The summed E-state index contributed by atoms with van der Waals surface area (Å²) in [6, 6.07) is 9.73. The second-order valence-electron chi connectivity index (χ2n) is 3.20. The quantitative estimate of drug-likeness (QED) is 0.867. The van der Waals surface area contributed by atoms with Crippen LogP contribution in [0.3, 0.4) is 0 Å². The third-order valence-corrected chi connectivity index (χ3v) is 2.88. The molecule has 0 aliphatic rings. The van der Waals surface area contributed by atoms with Gasteiger partial charge in [-0.2, -0.15) is 5.10 Å². The first-order valence-corrected chi connectivity index (χ1v) is 5.32. The number of rotatable bonds is 3. The monoisotopic (exact) mass is 264 g/mol. The zero-order valence-electron chi connectivity index (χ0n) is 7.90. The van der Waals surface area contributed by atoms with Crippen LogP contribution in [-0.4, -0.2) is 16.5 Å². The van der Waals surface area contributed by atoms with Crippen LogP contribution >= 0.6 is 15.9 Å². The molecule has 3 nitrogen and oxygen atoms in total. The zero-order valence-corrected chi connectivity index (χ0v) is 9.49. The molecule has 0 unspecified atom stereocenters. The molecular formula is C11H9BrN2O. The predicted molar refractivity (Wildman–Crippen MR) is 60.9 cm³/mol. The van der Waals surface area contributed by atoms with Crippen molar-refractivity contribution in [2.75, 3.05) is 0 Å². The number of carbonyl (C=O) groups excluding carboxylic acids is 1. The Hall–Kier alpha value is -1.42. The minimum Gasteiger partial charge on any atom is -0.296 e. The van der Waals surface area contributed by atoms with Gasteiger partial charge in [0.05, 0.1) is 0 Å². The molecule has 2 rings (SSSR count). The number of H-pyrrole nitrogens is 1. The summed E-state index contributed by atoms with van der Waals surface area (Å²) in [6.07, 6.45) is 1.47. The van der Waals surface area contributed by atoms with Gasteiger partial charge in [0.25, 0.3) is 0 Å². The Kier molecular flexibility index (Phi) is 2.97. The van der Waals surface area contributed by atoms with E-state index in [9.17, 15) is 4.79 Å². The first-order valence-electron chi connectivity index (χ1n) is 4.52. The molecule has 1 N–H and O–H groups in total. The van der Waals surface area contributed by atoms with E-state index in [0.29, 0.717) is 5.69 Å². The standard InChI is InChI=1S/C11H9BrN2O/c12-11-4-2-1-3-8(11)5-9-6-10(7-15)14-13-9/h1-4,6-7H,5H2,(H,13,14). The van der Waals surface area contributed by atoms with Crippen molar-refractivity contribution >= 4 is 22.2 Å². The average molecular weight is 265 g/mol. The number of aromatic nitrogens is 2. The van der Waals surface area contributed by atoms with Crippen molar-refractivity contribution in [3.05, 3.63) is 51.8 Å². The SMILES string of the molecule is O=Cc1cc(Cc2ccccc2Br)[nH]n1. The van der Waals surface area contributed by atoms with Crippen LogP contribution in [0.2, 0.25) is 0 Å². The van der Waals surface area contributed by atoms with E-state index in [0.717, 1.165) is 22.9 Å². The molecule has 15 heavy (non-hydrogen) atoms. The predicted octanol–water partition coefficient (Wildman–Crippen LogP) is 2.58. The minimum absolute atomic E-state index is 0.442. The molecule has 1 aromatic heterocycles. The molecule has 0 radical (unpaired) electrons. The van der Waals surface area contributed by atoms with Crippen LogP contribution in [0.1, 0.15) is 21.7 Å². The molecule has 0 aliphatic heterocycles. The van der Waals surface area contributed by atoms with E-state index in [1.807, 2.05) is 24.3 Å². The molecule has 2 aromatic rings. The van der Waals surface area contributed by atoms with Gasteiger partial charge in [-0.3, -0.25) is 9.89 Å². The smallest absolute Gasteiger partial charge is 0.170 e. The molecule has 0 atom stereocenters. The summed E-state index contributed by atoms with van der Waals surface area (Å²) in [7, 11) is 0. The lowest BCUT2D eigenvalue weighted by molar-refractivity contribution is 0.111. The van der Waals surface area contributed by atoms with Crippen molar-refractivity contribution in [1.29, 1.82) is 0 Å². The number of aromatic amines is 1. The largest absolute Gasteiger partial charge is 0.296 e. The highest BCUT2D eigenvalue weighted by atomic mass is 79.9. The van der Waals surface area contributed by atoms with Crippen LogP contribution in [-0.2, 0) is 6.42 Å². The summed E-state index contributed by atoms with van der Waals surface area (Å²) >= 11 is 3.47. The summed E-state index contributed by atoms with van der Waals surface area (Å²) in [4.78, 5) is 10.4. The topological polar surface area (TPSA) is 45.8 Å². The molecule has 0 fully saturated rings. The molecule has 0 spiro atoms. The second-order valence-corrected chi connectivity index (χ2v) is 4.06. The Labute approximate surface area is 95.6 Å². The zero-order chi connectivity index (χ0) is 10.7. The molecule has 4 heteroatoms. The highest BCUT2D eigenvalue weighted by molar-refractivity contribution is 9.10. The van der Waals surface area contributed by atoms with Gasteiger partial charge in [-0.1, -0.05) is 34.1 Å². The van der Waals surface area contributed by atoms with E-state index in [2.05, 4.69) is 26.1 Å². The normalized spacial score (nSPS) is 10.2. The number of hydrogen-bond donors (Lipinski definition) is 1. The molecule has 1 heterocycles. The Morgan fingerprint density at radius 1 is 1.40 bits per heavy atom. The lowest BCUT2D eigenvalue weighted by Crippen LogP contribution is -1.89. The lowest BCUT2D eigenvalue weighted by atomic mass is 10.1. The van der Waals surface area contributed by atoms with Gasteiger partial charge in [0.15, 0.2) is 6.29 Å². The third-order valence-electron chi connectivity index (χ3n) is 2.11. The summed E-state index contributed by atoms with van der Waals surface area (Å²) < 4.78 is 1.06. The Bertz CT molecular complexity index is 479. The number of aldehydes is 1. The molecule has 1 aromatic carbocycles. The molecule has 0 saturated heterocycles. The van der Waals surface area contributed by atoms with Crippen LogP contribution in [0, 0.1) is 0 Å². The van der Waals surface area contributed by atoms with Gasteiger partial charge in [-0.25, -0.2) is 0 Å². The van der Waals surface area contributed by atoms with Gasteiger partial charge in [0.2, 0.25) is 0 Å². The van der Waals surface area contributed by atoms with Gasteiger partial charge in [0, 0.05) is 16.6 Å². The number of benzene rings is 1. The fourth-order valence-electron chi connectivity index (χ4n) is 1.38. The van der Waals surface area contributed by atoms with Crippen LogP contribution in [0.15, 0.2) is 34.8 Å². The van der Waals surface area contributed by atoms with E-state index in [1.54, 1.807) is 6.07 Å².